The Labute approximate surface area is 101 Å². The van der Waals surface area contributed by atoms with Gasteiger partial charge in [-0.3, -0.25) is 14.3 Å². The topological polar surface area (TPSA) is 85.1 Å². The average molecular weight is 255 g/mol. The lowest BCUT2D eigenvalue weighted by Crippen LogP contribution is -2.16. The van der Waals surface area contributed by atoms with Gasteiger partial charge in [0.15, 0.2) is 0 Å². The Balaban J connectivity index is 2.15. The molecule has 0 bridgehead atoms. The highest BCUT2D eigenvalue weighted by molar-refractivity contribution is 7.85. The van der Waals surface area contributed by atoms with Crippen LogP contribution in [0.1, 0.15) is 6.42 Å². The summed E-state index contributed by atoms with van der Waals surface area (Å²) in [6.07, 6.45) is 2.40. The van der Waals surface area contributed by atoms with Gasteiger partial charge in [0.05, 0.1) is 15.7 Å². The van der Waals surface area contributed by atoms with Crippen LogP contribution in [0.2, 0.25) is 0 Å². The van der Waals surface area contributed by atoms with Gasteiger partial charge in [-0.1, -0.05) is 0 Å². The lowest BCUT2D eigenvalue weighted by atomic mass is 10.2. The van der Waals surface area contributed by atoms with E-state index in [1.165, 1.54) is 18.3 Å². The fraction of sp³-hybridized carbons (Fsp3) is 0.500. The Morgan fingerprint density at radius 1 is 1.65 bits per heavy atom. The smallest absolute Gasteiger partial charge is 0.303 e. The number of rotatable bonds is 4. The third-order valence-electron chi connectivity index (χ3n) is 2.71. The van der Waals surface area contributed by atoms with E-state index < -0.39 is 15.7 Å². The number of nitrogens with zero attached hydrogens (tertiary/aromatic N) is 2. The fourth-order valence-corrected chi connectivity index (χ4v) is 3.27. The Morgan fingerprint density at radius 3 is 3.12 bits per heavy atom. The van der Waals surface area contributed by atoms with Crippen molar-refractivity contribution in [3.8, 4) is 0 Å². The Bertz CT molecular complexity index is 446. The molecule has 0 aliphatic carbocycles. The van der Waals surface area contributed by atoms with Gasteiger partial charge in [0.25, 0.3) is 0 Å². The second-order valence-corrected chi connectivity index (χ2v) is 5.37. The summed E-state index contributed by atoms with van der Waals surface area (Å²) in [5.74, 6) is 0.752. The molecule has 0 amide bonds. The Kier molecular flexibility index (Phi) is 3.80. The van der Waals surface area contributed by atoms with Crippen LogP contribution in [-0.4, -0.2) is 33.0 Å². The quantitative estimate of drug-likeness (QED) is 0.632. The molecule has 2 atom stereocenters. The van der Waals surface area contributed by atoms with Crippen LogP contribution in [0.3, 0.4) is 0 Å². The maximum atomic E-state index is 12.0. The van der Waals surface area contributed by atoms with E-state index in [1.54, 1.807) is 0 Å². The third-order valence-corrected chi connectivity index (χ3v) is 4.23. The van der Waals surface area contributed by atoms with E-state index in [2.05, 4.69) is 10.3 Å². The average Bonchev–Trinajstić information content (AvgIpc) is 2.81. The zero-order valence-corrected chi connectivity index (χ0v) is 9.98. The molecule has 2 rings (SSSR count). The van der Waals surface area contributed by atoms with Crippen LogP contribution < -0.4 is 5.32 Å². The number of pyridine rings is 1. The Morgan fingerprint density at radius 2 is 2.47 bits per heavy atom. The molecule has 1 aromatic rings. The third kappa shape index (κ3) is 2.86. The molecule has 0 radical (unpaired) electrons. The first kappa shape index (κ1) is 12.1. The van der Waals surface area contributed by atoms with Crippen molar-refractivity contribution < 1.29 is 9.13 Å². The van der Waals surface area contributed by atoms with Gasteiger partial charge in [0, 0.05) is 18.0 Å². The number of hydrogen-bond donors (Lipinski definition) is 1. The number of aromatic nitrogens is 1. The molecule has 0 aromatic carbocycles. The Hall–Kier alpha value is -1.34. The summed E-state index contributed by atoms with van der Waals surface area (Å²) in [5.41, 5.74) is -0.156. The molecule has 17 heavy (non-hydrogen) atoms. The maximum absolute atomic E-state index is 12.0. The number of nitrogens with one attached hydrogen (secondary N) is 1. The van der Waals surface area contributed by atoms with Crippen molar-refractivity contribution in [2.45, 2.75) is 11.4 Å². The summed E-state index contributed by atoms with van der Waals surface area (Å²) < 4.78 is 12.0. The summed E-state index contributed by atoms with van der Waals surface area (Å²) in [6, 6.07) is 2.82. The van der Waals surface area contributed by atoms with Crippen molar-refractivity contribution in [2.75, 3.05) is 18.8 Å². The molecule has 0 spiro atoms. The van der Waals surface area contributed by atoms with Gasteiger partial charge in [-0.05, 0) is 31.5 Å². The second-order valence-electron chi connectivity index (χ2n) is 3.96. The molecule has 1 N–H and O–H groups in total. The van der Waals surface area contributed by atoms with E-state index in [9.17, 15) is 14.3 Å². The normalized spacial score (nSPS) is 21.3. The SMILES string of the molecule is O=[N+]([O-])c1cccnc1[S@](=O)C[C@@H]1CCNC1. The van der Waals surface area contributed by atoms with Crippen LogP contribution >= 0.6 is 0 Å². The monoisotopic (exact) mass is 255 g/mol. The van der Waals surface area contributed by atoms with Gasteiger partial charge in [-0.2, -0.15) is 0 Å². The van der Waals surface area contributed by atoms with E-state index in [0.717, 1.165) is 19.5 Å². The van der Waals surface area contributed by atoms with E-state index in [0.29, 0.717) is 11.7 Å². The largest absolute Gasteiger partial charge is 0.316 e. The summed E-state index contributed by atoms with van der Waals surface area (Å²) in [5, 5.41) is 14.0. The molecule has 2 heterocycles. The molecular weight excluding hydrogens is 242 g/mol. The van der Waals surface area contributed by atoms with E-state index in [-0.39, 0.29) is 10.7 Å². The van der Waals surface area contributed by atoms with Crippen molar-refractivity contribution in [2.24, 2.45) is 5.92 Å². The first-order chi connectivity index (χ1) is 8.18. The first-order valence-corrected chi connectivity index (χ1v) is 6.69. The van der Waals surface area contributed by atoms with Gasteiger partial charge in [-0.15, -0.1) is 0 Å². The van der Waals surface area contributed by atoms with Crippen LogP contribution in [0.5, 0.6) is 0 Å². The highest BCUT2D eigenvalue weighted by atomic mass is 32.2. The molecule has 1 fully saturated rings. The molecule has 7 heteroatoms. The highest BCUT2D eigenvalue weighted by Crippen LogP contribution is 2.21. The lowest BCUT2D eigenvalue weighted by Gasteiger charge is -2.07. The standard InChI is InChI=1S/C10H13N3O3S/c14-13(15)9-2-1-4-12-10(9)17(16)7-8-3-5-11-6-8/h1-2,4,8,11H,3,5-7H2/t8-,17-/m1/s1. The minimum absolute atomic E-state index is 0.0874. The van der Waals surface area contributed by atoms with Crippen molar-refractivity contribution in [1.29, 1.82) is 0 Å². The first-order valence-electron chi connectivity index (χ1n) is 5.37. The molecule has 0 saturated carbocycles. The summed E-state index contributed by atoms with van der Waals surface area (Å²) in [4.78, 5) is 14.1. The molecule has 1 aromatic heterocycles. The van der Waals surface area contributed by atoms with Crippen molar-refractivity contribution in [1.82, 2.24) is 10.3 Å². The van der Waals surface area contributed by atoms with Crippen LogP contribution in [0, 0.1) is 16.0 Å². The predicted molar refractivity (Wildman–Crippen MR) is 63.1 cm³/mol. The van der Waals surface area contributed by atoms with Crippen molar-refractivity contribution in [3.63, 3.8) is 0 Å². The molecular formula is C10H13N3O3S. The molecule has 0 unspecified atom stereocenters. The van der Waals surface area contributed by atoms with Gasteiger partial charge in [0.1, 0.15) is 0 Å². The summed E-state index contributed by atoms with van der Waals surface area (Å²) in [7, 11) is -1.40. The minimum Gasteiger partial charge on any atom is -0.316 e. The maximum Gasteiger partial charge on any atom is 0.303 e. The summed E-state index contributed by atoms with van der Waals surface area (Å²) in [6.45, 7) is 1.75. The van der Waals surface area contributed by atoms with E-state index in [1.807, 2.05) is 0 Å². The molecule has 1 saturated heterocycles. The van der Waals surface area contributed by atoms with Crippen molar-refractivity contribution in [3.05, 3.63) is 28.4 Å². The number of hydrogen-bond acceptors (Lipinski definition) is 5. The van der Waals surface area contributed by atoms with Gasteiger partial charge < -0.3 is 5.32 Å². The van der Waals surface area contributed by atoms with Crippen molar-refractivity contribution >= 4 is 16.5 Å². The van der Waals surface area contributed by atoms with E-state index >= 15 is 0 Å². The van der Waals surface area contributed by atoms with Crippen LogP contribution in [-0.2, 0) is 10.8 Å². The zero-order chi connectivity index (χ0) is 12.3. The number of nitro groups is 1. The molecule has 1 aliphatic heterocycles. The van der Waals surface area contributed by atoms with Crippen LogP contribution in [0.4, 0.5) is 5.69 Å². The zero-order valence-electron chi connectivity index (χ0n) is 9.17. The lowest BCUT2D eigenvalue weighted by molar-refractivity contribution is -0.388. The van der Waals surface area contributed by atoms with Gasteiger partial charge in [-0.25, -0.2) is 4.98 Å². The van der Waals surface area contributed by atoms with Crippen LogP contribution in [0.15, 0.2) is 23.4 Å². The highest BCUT2D eigenvalue weighted by Gasteiger charge is 2.24. The van der Waals surface area contributed by atoms with Gasteiger partial charge >= 0.3 is 5.69 Å². The minimum atomic E-state index is -1.40. The fourth-order valence-electron chi connectivity index (χ4n) is 1.85. The molecule has 6 nitrogen and oxygen atoms in total. The van der Waals surface area contributed by atoms with Crippen LogP contribution in [0.25, 0.3) is 0 Å². The van der Waals surface area contributed by atoms with Gasteiger partial charge in [0.2, 0.25) is 5.03 Å². The predicted octanol–water partition coefficient (Wildman–Crippen LogP) is 0.707. The molecule has 1 aliphatic rings. The second kappa shape index (κ2) is 5.33. The molecule has 92 valence electrons. The summed E-state index contributed by atoms with van der Waals surface area (Å²) >= 11 is 0. The van der Waals surface area contributed by atoms with E-state index in [4.69, 9.17) is 0 Å².